The van der Waals surface area contributed by atoms with E-state index < -0.39 is 4.92 Å². The van der Waals surface area contributed by atoms with Gasteiger partial charge in [-0.3, -0.25) is 19.7 Å². The molecule has 0 saturated heterocycles. The molecule has 0 saturated carbocycles. The smallest absolute Gasteiger partial charge is 0.271 e. The van der Waals surface area contributed by atoms with Crippen molar-refractivity contribution in [2.75, 3.05) is 0 Å². The van der Waals surface area contributed by atoms with Crippen LogP contribution in [0.4, 0.5) is 5.69 Å². The molecule has 74 valence electrons. The summed E-state index contributed by atoms with van der Waals surface area (Å²) in [6, 6.07) is 3.71. The highest BCUT2D eigenvalue weighted by Gasteiger charge is 2.08. The summed E-state index contributed by atoms with van der Waals surface area (Å²) in [6.45, 7) is 0. The van der Waals surface area contributed by atoms with Crippen LogP contribution in [-0.4, -0.2) is 17.5 Å². The number of non-ortho nitro benzene ring substituents is 1. The topological polar surface area (TPSA) is 77.3 Å². The Kier molecular flexibility index (Phi) is 3.30. The molecule has 0 aliphatic carbocycles. The van der Waals surface area contributed by atoms with Gasteiger partial charge in [0.1, 0.15) is 6.29 Å². The van der Waals surface area contributed by atoms with Gasteiger partial charge in [0.25, 0.3) is 5.69 Å². The highest BCUT2D eigenvalue weighted by atomic mass is 16.6. The van der Waals surface area contributed by atoms with Crippen molar-refractivity contribution in [3.8, 4) is 11.8 Å². The summed E-state index contributed by atoms with van der Waals surface area (Å²) < 4.78 is 0. The molecular weight excluding hydrogens is 198 g/mol. The zero-order valence-electron chi connectivity index (χ0n) is 7.47. The van der Waals surface area contributed by atoms with E-state index in [0.29, 0.717) is 12.6 Å². The van der Waals surface area contributed by atoms with Crippen LogP contribution in [0.1, 0.15) is 15.9 Å². The summed E-state index contributed by atoms with van der Waals surface area (Å²) in [5.74, 6) is 4.50. The zero-order valence-corrected chi connectivity index (χ0v) is 7.47. The summed E-state index contributed by atoms with van der Waals surface area (Å²) in [5, 5.41) is 10.5. The maximum atomic E-state index is 10.5. The Bertz CT molecular complexity index is 482. The lowest BCUT2D eigenvalue weighted by Crippen LogP contribution is -1.91. The number of rotatable bonds is 2. The number of nitro benzene ring substituents is 1. The Balaban J connectivity index is 3.28. The lowest BCUT2D eigenvalue weighted by molar-refractivity contribution is -0.384. The lowest BCUT2D eigenvalue weighted by Gasteiger charge is -1.94. The number of hydrogen-bond donors (Lipinski definition) is 0. The Hall–Kier alpha value is -2.48. The Morgan fingerprint density at radius 3 is 2.53 bits per heavy atom. The Morgan fingerprint density at radius 2 is 2.00 bits per heavy atom. The second-order valence-electron chi connectivity index (χ2n) is 2.58. The van der Waals surface area contributed by atoms with Crippen molar-refractivity contribution in [3.63, 3.8) is 0 Å². The predicted molar refractivity (Wildman–Crippen MR) is 51.4 cm³/mol. The van der Waals surface area contributed by atoms with Gasteiger partial charge in [0.15, 0.2) is 6.29 Å². The quantitative estimate of drug-likeness (QED) is 0.310. The fourth-order valence-electron chi connectivity index (χ4n) is 0.993. The number of benzene rings is 1. The Morgan fingerprint density at radius 1 is 1.27 bits per heavy atom. The number of carbonyl (C=O) groups is 2. The fourth-order valence-corrected chi connectivity index (χ4v) is 0.993. The van der Waals surface area contributed by atoms with Gasteiger partial charge in [-0.2, -0.15) is 0 Å². The monoisotopic (exact) mass is 203 g/mol. The fraction of sp³-hybridized carbons (Fsp3) is 0. The van der Waals surface area contributed by atoms with Gasteiger partial charge in [0.05, 0.1) is 4.92 Å². The van der Waals surface area contributed by atoms with Crippen molar-refractivity contribution in [3.05, 3.63) is 39.4 Å². The maximum Gasteiger partial charge on any atom is 0.271 e. The summed E-state index contributed by atoms with van der Waals surface area (Å²) in [5.41, 5.74) is 0.188. The molecule has 0 spiro atoms. The normalized spacial score (nSPS) is 8.53. The molecule has 0 N–H and O–H groups in total. The lowest BCUT2D eigenvalue weighted by atomic mass is 10.1. The van der Waals surface area contributed by atoms with E-state index in [1.807, 2.05) is 0 Å². The highest BCUT2D eigenvalue weighted by Crippen LogP contribution is 2.15. The van der Waals surface area contributed by atoms with Crippen LogP contribution in [0.5, 0.6) is 0 Å². The molecule has 0 amide bonds. The molecular formula is C10H5NO4. The van der Waals surface area contributed by atoms with Gasteiger partial charge in [0.2, 0.25) is 0 Å². The summed E-state index contributed by atoms with van der Waals surface area (Å²) >= 11 is 0. The molecule has 0 aliphatic rings. The molecule has 0 fully saturated rings. The molecule has 1 rings (SSSR count). The standard InChI is InChI=1S/C10H5NO4/c12-3-1-2-8-4-9(7-13)6-10(5-8)11(14)15/h3-7H. The minimum Gasteiger partial charge on any atom is -0.298 e. The number of carbonyl (C=O) groups excluding carboxylic acids is 2. The Labute approximate surface area is 84.9 Å². The molecule has 5 nitrogen and oxygen atoms in total. The van der Waals surface area contributed by atoms with Gasteiger partial charge in [-0.1, -0.05) is 5.92 Å². The van der Waals surface area contributed by atoms with Gasteiger partial charge in [-0.05, 0) is 12.0 Å². The minimum absolute atomic E-state index is 0.152. The van der Waals surface area contributed by atoms with Crippen LogP contribution >= 0.6 is 0 Å². The molecule has 0 atom stereocenters. The largest absolute Gasteiger partial charge is 0.298 e. The van der Waals surface area contributed by atoms with Gasteiger partial charge in [0, 0.05) is 23.3 Å². The first kappa shape index (κ1) is 10.6. The molecule has 0 unspecified atom stereocenters. The van der Waals surface area contributed by atoms with Gasteiger partial charge in [-0.15, -0.1) is 0 Å². The molecule has 0 aliphatic heterocycles. The summed E-state index contributed by atoms with van der Waals surface area (Å²) in [6.07, 6.45) is 0.860. The number of hydrogen-bond acceptors (Lipinski definition) is 4. The average molecular weight is 203 g/mol. The van der Waals surface area contributed by atoms with Crippen LogP contribution in [0, 0.1) is 22.0 Å². The molecule has 0 heterocycles. The second-order valence-corrected chi connectivity index (χ2v) is 2.58. The van der Waals surface area contributed by atoms with E-state index in [1.165, 1.54) is 12.1 Å². The van der Waals surface area contributed by atoms with Crippen molar-refractivity contribution < 1.29 is 14.5 Å². The van der Waals surface area contributed by atoms with E-state index in [2.05, 4.69) is 11.8 Å². The molecule has 1 aromatic rings. The summed E-state index contributed by atoms with van der Waals surface area (Å²) in [4.78, 5) is 30.3. The van der Waals surface area contributed by atoms with Crippen LogP contribution in [0.3, 0.4) is 0 Å². The van der Waals surface area contributed by atoms with Crippen LogP contribution in [0.25, 0.3) is 0 Å². The van der Waals surface area contributed by atoms with Crippen LogP contribution in [-0.2, 0) is 4.79 Å². The minimum atomic E-state index is -0.626. The summed E-state index contributed by atoms with van der Waals surface area (Å²) in [7, 11) is 0. The maximum absolute atomic E-state index is 10.5. The molecule has 15 heavy (non-hydrogen) atoms. The van der Waals surface area contributed by atoms with Crippen molar-refractivity contribution >= 4 is 18.3 Å². The molecule has 0 bridgehead atoms. The van der Waals surface area contributed by atoms with E-state index in [4.69, 9.17) is 0 Å². The average Bonchev–Trinajstić information content (AvgIpc) is 2.25. The SMILES string of the molecule is O=CC#Cc1cc(C=O)cc([N+](=O)[O-])c1. The first-order valence-electron chi connectivity index (χ1n) is 3.87. The zero-order chi connectivity index (χ0) is 11.3. The van der Waals surface area contributed by atoms with Crippen LogP contribution in [0.2, 0.25) is 0 Å². The first-order chi connectivity index (χ1) is 7.17. The van der Waals surface area contributed by atoms with E-state index >= 15 is 0 Å². The third-order valence-corrected chi connectivity index (χ3v) is 1.56. The third kappa shape index (κ3) is 2.74. The second kappa shape index (κ2) is 4.67. The predicted octanol–water partition coefficient (Wildman–Crippen LogP) is 0.958. The van der Waals surface area contributed by atoms with E-state index in [0.717, 1.165) is 6.07 Å². The van der Waals surface area contributed by atoms with E-state index in [9.17, 15) is 19.7 Å². The highest BCUT2D eigenvalue weighted by molar-refractivity contribution is 5.78. The van der Waals surface area contributed by atoms with Gasteiger partial charge < -0.3 is 0 Å². The van der Waals surface area contributed by atoms with Crippen LogP contribution < -0.4 is 0 Å². The number of aldehydes is 2. The molecule has 5 heteroatoms. The van der Waals surface area contributed by atoms with Gasteiger partial charge >= 0.3 is 0 Å². The third-order valence-electron chi connectivity index (χ3n) is 1.56. The number of nitrogens with zero attached hydrogens (tertiary/aromatic N) is 1. The van der Waals surface area contributed by atoms with E-state index in [-0.39, 0.29) is 16.8 Å². The molecule has 1 aromatic carbocycles. The van der Waals surface area contributed by atoms with Crippen molar-refractivity contribution in [1.29, 1.82) is 0 Å². The van der Waals surface area contributed by atoms with Crippen molar-refractivity contribution in [2.45, 2.75) is 0 Å². The van der Waals surface area contributed by atoms with Crippen molar-refractivity contribution in [2.24, 2.45) is 0 Å². The van der Waals surface area contributed by atoms with Crippen LogP contribution in [0.15, 0.2) is 18.2 Å². The molecule has 0 aromatic heterocycles. The molecule has 0 radical (unpaired) electrons. The first-order valence-corrected chi connectivity index (χ1v) is 3.87. The number of nitro groups is 1. The van der Waals surface area contributed by atoms with E-state index in [1.54, 1.807) is 0 Å². The van der Waals surface area contributed by atoms with Crippen molar-refractivity contribution in [1.82, 2.24) is 0 Å². The van der Waals surface area contributed by atoms with Gasteiger partial charge in [-0.25, -0.2) is 0 Å².